The first-order valence-corrected chi connectivity index (χ1v) is 11.2. The molecule has 1 N–H and O–H groups in total. The van der Waals surface area contributed by atoms with Crippen LogP contribution >= 0.6 is 0 Å². The third kappa shape index (κ3) is 4.50. The molecule has 0 saturated heterocycles. The number of sulfone groups is 1. The van der Waals surface area contributed by atoms with Crippen LogP contribution in [0.1, 0.15) is 21.6 Å². The highest BCUT2D eigenvalue weighted by atomic mass is 32.2. The molecule has 0 aliphatic carbocycles. The van der Waals surface area contributed by atoms with Gasteiger partial charge in [-0.05, 0) is 55.8 Å². The standard InChI is InChI=1S/C23H26N2O5S/c1-16-17(2)25(14-15-29-3)22(24-23(26)18-8-6-5-7-9-18)21(16)31(27,28)20-12-10-19(30-4)11-13-20/h5-13H,14-15H2,1-4H3,(H,24,26). The molecule has 31 heavy (non-hydrogen) atoms. The molecule has 1 amide bonds. The molecule has 1 heterocycles. The van der Waals surface area contributed by atoms with E-state index in [-0.39, 0.29) is 21.5 Å². The largest absolute Gasteiger partial charge is 0.497 e. The summed E-state index contributed by atoms with van der Waals surface area (Å²) in [5.41, 5.74) is 1.76. The van der Waals surface area contributed by atoms with Gasteiger partial charge in [-0.3, -0.25) is 4.79 Å². The van der Waals surface area contributed by atoms with Crippen LogP contribution in [0.5, 0.6) is 5.75 Å². The van der Waals surface area contributed by atoms with Gasteiger partial charge in [0.25, 0.3) is 5.91 Å². The van der Waals surface area contributed by atoms with Crippen molar-refractivity contribution in [2.24, 2.45) is 0 Å². The van der Waals surface area contributed by atoms with Crippen LogP contribution in [0.3, 0.4) is 0 Å². The zero-order valence-corrected chi connectivity index (χ0v) is 18.8. The van der Waals surface area contributed by atoms with Crippen molar-refractivity contribution in [3.05, 3.63) is 71.4 Å². The van der Waals surface area contributed by atoms with Crippen molar-refractivity contribution < 1.29 is 22.7 Å². The maximum absolute atomic E-state index is 13.6. The lowest BCUT2D eigenvalue weighted by Gasteiger charge is -2.14. The molecule has 3 aromatic rings. The molecule has 0 atom stereocenters. The number of aromatic nitrogens is 1. The second kappa shape index (κ2) is 9.36. The molecule has 3 rings (SSSR count). The Hall–Kier alpha value is -3.10. The van der Waals surface area contributed by atoms with Crippen molar-refractivity contribution in [1.82, 2.24) is 4.57 Å². The summed E-state index contributed by atoms with van der Waals surface area (Å²) in [4.78, 5) is 13.1. The average Bonchev–Trinajstić information content (AvgIpc) is 3.02. The number of hydrogen-bond acceptors (Lipinski definition) is 5. The Kier molecular flexibility index (Phi) is 6.82. The summed E-state index contributed by atoms with van der Waals surface area (Å²) in [6.45, 7) is 4.33. The van der Waals surface area contributed by atoms with Gasteiger partial charge in [-0.25, -0.2) is 8.42 Å². The highest BCUT2D eigenvalue weighted by molar-refractivity contribution is 7.91. The van der Waals surface area contributed by atoms with E-state index >= 15 is 0 Å². The average molecular weight is 443 g/mol. The summed E-state index contributed by atoms with van der Waals surface area (Å²) in [7, 11) is -0.821. The second-order valence-corrected chi connectivity index (χ2v) is 8.92. The number of rotatable bonds is 8. The van der Waals surface area contributed by atoms with E-state index in [4.69, 9.17) is 9.47 Å². The molecule has 164 valence electrons. The highest BCUT2D eigenvalue weighted by Gasteiger charge is 2.30. The summed E-state index contributed by atoms with van der Waals surface area (Å²) >= 11 is 0. The SMILES string of the molecule is COCCn1c(C)c(C)c(S(=O)(=O)c2ccc(OC)cc2)c1NC(=O)c1ccccc1. The lowest BCUT2D eigenvalue weighted by Crippen LogP contribution is -2.19. The molecule has 8 heteroatoms. The van der Waals surface area contributed by atoms with Gasteiger partial charge in [-0.1, -0.05) is 18.2 Å². The molecule has 0 fully saturated rings. The molecule has 0 aliphatic rings. The molecule has 2 aromatic carbocycles. The van der Waals surface area contributed by atoms with E-state index in [0.29, 0.717) is 30.0 Å². The van der Waals surface area contributed by atoms with Crippen molar-refractivity contribution in [3.8, 4) is 5.75 Å². The smallest absolute Gasteiger partial charge is 0.256 e. The van der Waals surface area contributed by atoms with Crippen molar-refractivity contribution >= 4 is 21.6 Å². The van der Waals surface area contributed by atoms with Crippen LogP contribution in [0.15, 0.2) is 64.4 Å². The minimum atomic E-state index is -3.91. The van der Waals surface area contributed by atoms with E-state index in [1.165, 1.54) is 19.2 Å². The minimum Gasteiger partial charge on any atom is -0.497 e. The van der Waals surface area contributed by atoms with Crippen LogP contribution in [-0.2, 0) is 21.1 Å². The molecule has 0 radical (unpaired) electrons. The molecule has 0 bridgehead atoms. The van der Waals surface area contributed by atoms with E-state index in [0.717, 1.165) is 5.69 Å². The Morgan fingerprint density at radius 1 is 1.00 bits per heavy atom. The maximum atomic E-state index is 13.6. The fourth-order valence-electron chi connectivity index (χ4n) is 3.39. The Balaban J connectivity index is 2.15. The van der Waals surface area contributed by atoms with E-state index < -0.39 is 9.84 Å². The number of carbonyl (C=O) groups is 1. The molecular weight excluding hydrogens is 416 g/mol. The summed E-state index contributed by atoms with van der Waals surface area (Å²) < 4.78 is 39.3. The molecule has 1 aromatic heterocycles. The highest BCUT2D eigenvalue weighted by Crippen LogP contribution is 2.36. The first-order valence-electron chi connectivity index (χ1n) is 9.75. The van der Waals surface area contributed by atoms with E-state index in [1.807, 2.05) is 13.0 Å². The minimum absolute atomic E-state index is 0.0792. The van der Waals surface area contributed by atoms with Crippen molar-refractivity contribution in [3.63, 3.8) is 0 Å². The summed E-state index contributed by atoms with van der Waals surface area (Å²) in [6, 6.07) is 14.9. The predicted octanol–water partition coefficient (Wildman–Crippen LogP) is 3.85. The molecule has 0 saturated carbocycles. The molecule has 7 nitrogen and oxygen atoms in total. The van der Waals surface area contributed by atoms with Crippen LogP contribution in [0.2, 0.25) is 0 Å². The van der Waals surface area contributed by atoms with Gasteiger partial charge in [0, 0.05) is 24.9 Å². The van der Waals surface area contributed by atoms with Gasteiger partial charge in [-0.15, -0.1) is 0 Å². The Bertz CT molecular complexity index is 1170. The summed E-state index contributed by atoms with van der Waals surface area (Å²) in [6.07, 6.45) is 0. The number of amides is 1. The fourth-order valence-corrected chi connectivity index (χ4v) is 5.09. The van der Waals surface area contributed by atoms with Crippen molar-refractivity contribution in [1.29, 1.82) is 0 Å². The number of benzene rings is 2. The van der Waals surface area contributed by atoms with E-state index in [2.05, 4.69) is 5.32 Å². The predicted molar refractivity (Wildman–Crippen MR) is 119 cm³/mol. The normalized spacial score (nSPS) is 11.4. The van der Waals surface area contributed by atoms with Gasteiger partial charge in [0.05, 0.1) is 18.6 Å². The first-order chi connectivity index (χ1) is 14.8. The monoisotopic (exact) mass is 442 g/mol. The number of nitrogens with zero attached hydrogens (tertiary/aromatic N) is 1. The zero-order valence-electron chi connectivity index (χ0n) is 18.0. The van der Waals surface area contributed by atoms with Crippen molar-refractivity contribution in [2.45, 2.75) is 30.2 Å². The van der Waals surface area contributed by atoms with Crippen LogP contribution in [0.4, 0.5) is 5.82 Å². The number of nitrogens with one attached hydrogen (secondary N) is 1. The third-order valence-electron chi connectivity index (χ3n) is 5.20. The quantitative estimate of drug-likeness (QED) is 0.573. The topological polar surface area (TPSA) is 86.6 Å². The Morgan fingerprint density at radius 3 is 2.23 bits per heavy atom. The van der Waals surface area contributed by atoms with Gasteiger partial charge in [0.1, 0.15) is 16.5 Å². The van der Waals surface area contributed by atoms with Gasteiger partial charge in [-0.2, -0.15) is 0 Å². The van der Waals surface area contributed by atoms with Gasteiger partial charge < -0.3 is 19.4 Å². The molecule has 0 unspecified atom stereocenters. The van der Waals surface area contributed by atoms with Crippen LogP contribution in [0.25, 0.3) is 0 Å². The lowest BCUT2D eigenvalue weighted by molar-refractivity contribution is 0.102. The van der Waals surface area contributed by atoms with E-state index in [1.54, 1.807) is 55.0 Å². The van der Waals surface area contributed by atoms with Gasteiger partial charge >= 0.3 is 0 Å². The van der Waals surface area contributed by atoms with Gasteiger partial charge in [0.2, 0.25) is 9.84 Å². The fraction of sp³-hybridized carbons (Fsp3) is 0.261. The lowest BCUT2D eigenvalue weighted by atomic mass is 10.2. The maximum Gasteiger partial charge on any atom is 0.256 e. The number of ether oxygens (including phenoxy) is 2. The van der Waals surface area contributed by atoms with Crippen LogP contribution in [0, 0.1) is 13.8 Å². The first kappa shape index (κ1) is 22.6. The third-order valence-corrected chi connectivity index (χ3v) is 7.13. The summed E-state index contributed by atoms with van der Waals surface area (Å²) in [5, 5.41) is 2.83. The number of carbonyl (C=O) groups excluding carboxylic acids is 1. The van der Waals surface area contributed by atoms with Crippen molar-refractivity contribution in [2.75, 3.05) is 26.1 Å². The van der Waals surface area contributed by atoms with E-state index in [9.17, 15) is 13.2 Å². The second-order valence-electron chi connectivity index (χ2n) is 7.03. The summed E-state index contributed by atoms with van der Waals surface area (Å²) in [5.74, 6) is 0.404. The Labute approximate surface area is 182 Å². The molecule has 0 aliphatic heterocycles. The Morgan fingerprint density at radius 2 is 1.65 bits per heavy atom. The number of anilines is 1. The molecule has 0 spiro atoms. The van der Waals surface area contributed by atoms with Crippen LogP contribution < -0.4 is 10.1 Å². The molecular formula is C23H26N2O5S. The van der Waals surface area contributed by atoms with Gasteiger partial charge in [0.15, 0.2) is 0 Å². The number of hydrogen-bond donors (Lipinski definition) is 1. The van der Waals surface area contributed by atoms with Crippen LogP contribution in [-0.4, -0.2) is 39.7 Å². The number of methoxy groups -OCH3 is 2. The zero-order chi connectivity index (χ0) is 22.6.